The smallest absolute Gasteiger partial charge is 0.0412 e. The number of thioether (sulfide) groups is 1. The van der Waals surface area contributed by atoms with Gasteiger partial charge >= 0.3 is 0 Å². The molecule has 0 spiro atoms. The van der Waals surface area contributed by atoms with Gasteiger partial charge in [-0.15, -0.1) is 0 Å². The minimum Gasteiger partial charge on any atom is -0.309 e. The highest BCUT2D eigenvalue weighted by Gasteiger charge is 2.17. The van der Waals surface area contributed by atoms with Crippen LogP contribution in [0.4, 0.5) is 0 Å². The van der Waals surface area contributed by atoms with Crippen molar-refractivity contribution in [3.63, 3.8) is 0 Å². The van der Waals surface area contributed by atoms with Crippen LogP contribution in [-0.4, -0.2) is 17.0 Å². The molecule has 108 valence electrons. The van der Waals surface area contributed by atoms with Gasteiger partial charge in [0.25, 0.3) is 0 Å². The summed E-state index contributed by atoms with van der Waals surface area (Å²) in [5.74, 6) is 1.13. The van der Waals surface area contributed by atoms with Gasteiger partial charge in [-0.3, -0.25) is 0 Å². The Morgan fingerprint density at radius 2 is 1.84 bits per heavy atom. The van der Waals surface area contributed by atoms with Crippen molar-refractivity contribution in [3.05, 3.63) is 34.9 Å². The van der Waals surface area contributed by atoms with Crippen molar-refractivity contribution in [2.45, 2.75) is 58.8 Å². The van der Waals surface area contributed by atoms with Crippen LogP contribution in [0.2, 0.25) is 0 Å². The first-order valence-corrected chi connectivity index (χ1v) is 8.26. The highest BCUT2D eigenvalue weighted by Crippen LogP contribution is 2.29. The Morgan fingerprint density at radius 3 is 2.37 bits per heavy atom. The molecule has 0 amide bonds. The van der Waals surface area contributed by atoms with E-state index in [1.807, 2.05) is 11.8 Å². The SMILES string of the molecule is CCCNC(CSC(C)(C)C)c1ccc(C)c(C)c1. The quantitative estimate of drug-likeness (QED) is 0.797. The Labute approximate surface area is 123 Å². The Kier molecular flexibility index (Phi) is 6.41. The zero-order valence-electron chi connectivity index (χ0n) is 13.3. The lowest BCUT2D eigenvalue weighted by Crippen LogP contribution is -2.26. The van der Waals surface area contributed by atoms with Crippen molar-refractivity contribution in [1.29, 1.82) is 0 Å². The molecular formula is C17H29NS. The second kappa shape index (κ2) is 7.35. The van der Waals surface area contributed by atoms with Crippen LogP contribution >= 0.6 is 11.8 Å². The standard InChI is InChI=1S/C17H29NS/c1-7-10-18-16(12-19-17(4,5)6)15-9-8-13(2)14(3)11-15/h8-9,11,16,18H,7,10,12H2,1-6H3. The zero-order valence-corrected chi connectivity index (χ0v) is 14.2. The highest BCUT2D eigenvalue weighted by molar-refractivity contribution is 8.00. The number of hydrogen-bond acceptors (Lipinski definition) is 2. The number of benzene rings is 1. The third kappa shape index (κ3) is 6.01. The molecule has 0 saturated heterocycles. The fourth-order valence-electron chi connectivity index (χ4n) is 1.91. The first-order valence-electron chi connectivity index (χ1n) is 7.28. The Morgan fingerprint density at radius 1 is 1.16 bits per heavy atom. The van der Waals surface area contributed by atoms with Crippen molar-refractivity contribution in [2.24, 2.45) is 0 Å². The van der Waals surface area contributed by atoms with E-state index in [0.717, 1.165) is 12.3 Å². The maximum atomic E-state index is 3.68. The second-order valence-electron chi connectivity index (χ2n) is 6.27. The van der Waals surface area contributed by atoms with Crippen molar-refractivity contribution >= 4 is 11.8 Å². The van der Waals surface area contributed by atoms with Crippen LogP contribution in [-0.2, 0) is 0 Å². The van der Waals surface area contributed by atoms with Crippen LogP contribution in [0.5, 0.6) is 0 Å². The van der Waals surface area contributed by atoms with Crippen LogP contribution in [0.3, 0.4) is 0 Å². The summed E-state index contributed by atoms with van der Waals surface area (Å²) in [7, 11) is 0. The molecular weight excluding hydrogens is 250 g/mol. The molecule has 0 aliphatic rings. The summed E-state index contributed by atoms with van der Waals surface area (Å²) in [5, 5.41) is 3.68. The molecule has 1 atom stereocenters. The van der Waals surface area contributed by atoms with E-state index in [4.69, 9.17) is 0 Å². The van der Waals surface area contributed by atoms with Gasteiger partial charge in [0.2, 0.25) is 0 Å². The van der Waals surface area contributed by atoms with Gasteiger partial charge in [0.05, 0.1) is 0 Å². The lowest BCUT2D eigenvalue weighted by atomic mass is 10.0. The predicted octanol–water partition coefficient (Wildman–Crippen LogP) is 4.88. The predicted molar refractivity (Wildman–Crippen MR) is 89.2 cm³/mol. The van der Waals surface area contributed by atoms with Crippen molar-refractivity contribution in [1.82, 2.24) is 5.32 Å². The number of nitrogens with one attached hydrogen (secondary N) is 1. The molecule has 1 aromatic carbocycles. The van der Waals surface area contributed by atoms with Crippen molar-refractivity contribution < 1.29 is 0 Å². The molecule has 0 saturated carbocycles. The molecule has 0 heterocycles. The lowest BCUT2D eigenvalue weighted by Gasteiger charge is -2.24. The Bertz CT molecular complexity index is 393. The summed E-state index contributed by atoms with van der Waals surface area (Å²) in [6.07, 6.45) is 1.18. The van der Waals surface area contributed by atoms with E-state index >= 15 is 0 Å². The zero-order chi connectivity index (χ0) is 14.5. The second-order valence-corrected chi connectivity index (χ2v) is 8.12. The van der Waals surface area contributed by atoms with Gasteiger partial charge in [-0.2, -0.15) is 11.8 Å². The van der Waals surface area contributed by atoms with E-state index in [2.05, 4.69) is 65.1 Å². The fraction of sp³-hybridized carbons (Fsp3) is 0.647. The summed E-state index contributed by atoms with van der Waals surface area (Å²) >= 11 is 2.03. The number of aryl methyl sites for hydroxylation is 2. The Hall–Kier alpha value is -0.470. The molecule has 1 aromatic rings. The molecule has 0 bridgehead atoms. The topological polar surface area (TPSA) is 12.0 Å². The van der Waals surface area contributed by atoms with Gasteiger partial charge in [-0.1, -0.05) is 45.9 Å². The van der Waals surface area contributed by atoms with Crippen LogP contribution in [0.1, 0.15) is 56.8 Å². The first kappa shape index (κ1) is 16.6. The molecule has 1 rings (SSSR count). The van der Waals surface area contributed by atoms with Gasteiger partial charge in [-0.05, 0) is 43.5 Å². The summed E-state index contributed by atoms with van der Waals surface area (Å²) in [6, 6.07) is 7.32. The van der Waals surface area contributed by atoms with Crippen LogP contribution < -0.4 is 5.32 Å². The molecule has 0 radical (unpaired) electrons. The first-order chi connectivity index (χ1) is 8.83. The van der Waals surface area contributed by atoms with Gasteiger partial charge in [0.15, 0.2) is 0 Å². The van der Waals surface area contributed by atoms with Crippen molar-refractivity contribution in [3.8, 4) is 0 Å². The van der Waals surface area contributed by atoms with Gasteiger partial charge < -0.3 is 5.32 Å². The molecule has 2 heteroatoms. The minimum atomic E-state index is 0.325. The molecule has 1 nitrogen and oxygen atoms in total. The highest BCUT2D eigenvalue weighted by atomic mass is 32.2. The largest absolute Gasteiger partial charge is 0.309 e. The molecule has 0 fully saturated rings. The number of hydrogen-bond donors (Lipinski definition) is 1. The summed E-state index contributed by atoms with van der Waals surface area (Å²) in [4.78, 5) is 0. The van der Waals surface area contributed by atoms with Crippen LogP contribution in [0, 0.1) is 13.8 Å². The Balaban J connectivity index is 2.79. The lowest BCUT2D eigenvalue weighted by molar-refractivity contribution is 0.575. The molecule has 1 N–H and O–H groups in total. The van der Waals surface area contributed by atoms with E-state index in [-0.39, 0.29) is 0 Å². The monoisotopic (exact) mass is 279 g/mol. The van der Waals surface area contributed by atoms with E-state index in [1.165, 1.54) is 23.1 Å². The van der Waals surface area contributed by atoms with Gasteiger partial charge in [0.1, 0.15) is 0 Å². The molecule has 0 aliphatic heterocycles. The van der Waals surface area contributed by atoms with Crippen LogP contribution in [0.25, 0.3) is 0 Å². The van der Waals surface area contributed by atoms with Crippen LogP contribution in [0.15, 0.2) is 18.2 Å². The fourth-order valence-corrected chi connectivity index (χ4v) is 2.88. The third-order valence-electron chi connectivity index (χ3n) is 3.26. The maximum absolute atomic E-state index is 3.68. The van der Waals surface area contributed by atoms with E-state index in [9.17, 15) is 0 Å². The normalized spacial score (nSPS) is 13.6. The molecule has 19 heavy (non-hydrogen) atoms. The average Bonchev–Trinajstić information content (AvgIpc) is 2.32. The summed E-state index contributed by atoms with van der Waals surface area (Å²) < 4.78 is 0.325. The van der Waals surface area contributed by atoms with E-state index < -0.39 is 0 Å². The summed E-state index contributed by atoms with van der Waals surface area (Å²) in [6.45, 7) is 14.5. The van der Waals surface area contributed by atoms with Gasteiger partial charge in [-0.25, -0.2) is 0 Å². The van der Waals surface area contributed by atoms with Crippen molar-refractivity contribution in [2.75, 3.05) is 12.3 Å². The van der Waals surface area contributed by atoms with E-state index in [1.54, 1.807) is 0 Å². The number of rotatable bonds is 6. The third-order valence-corrected chi connectivity index (χ3v) is 4.62. The molecule has 1 unspecified atom stereocenters. The molecule has 0 aliphatic carbocycles. The maximum Gasteiger partial charge on any atom is 0.0412 e. The summed E-state index contributed by atoms with van der Waals surface area (Å²) in [5.41, 5.74) is 4.19. The van der Waals surface area contributed by atoms with Gasteiger partial charge in [0, 0.05) is 16.5 Å². The average molecular weight is 279 g/mol. The minimum absolute atomic E-state index is 0.325. The van der Waals surface area contributed by atoms with E-state index in [0.29, 0.717) is 10.8 Å². The molecule has 0 aromatic heterocycles.